The van der Waals surface area contributed by atoms with Gasteiger partial charge in [0.25, 0.3) is 0 Å². The van der Waals surface area contributed by atoms with E-state index in [4.69, 9.17) is 58.0 Å². The van der Waals surface area contributed by atoms with Crippen LogP contribution in [0.2, 0.25) is 10.0 Å². The van der Waals surface area contributed by atoms with Crippen molar-refractivity contribution < 1.29 is 19.5 Å². The van der Waals surface area contributed by atoms with Gasteiger partial charge in [-0.2, -0.15) is 0 Å². The first-order valence-corrected chi connectivity index (χ1v) is 23.0. The Kier molecular flexibility index (Phi) is 13.5. The van der Waals surface area contributed by atoms with Crippen LogP contribution in [0.25, 0.3) is 0 Å². The average molecular weight is 934 g/mol. The molecule has 62 heavy (non-hydrogen) atoms. The second-order valence-electron chi connectivity index (χ2n) is 16.6. The van der Waals surface area contributed by atoms with E-state index in [-0.39, 0.29) is 5.91 Å². The fourth-order valence-corrected chi connectivity index (χ4v) is 10.5. The Morgan fingerprint density at radius 2 is 1.13 bits per heavy atom. The molecule has 1 saturated carbocycles. The van der Waals surface area contributed by atoms with Crippen LogP contribution in [0.15, 0.2) is 109 Å². The zero-order valence-electron chi connectivity index (χ0n) is 35.3. The summed E-state index contributed by atoms with van der Waals surface area (Å²) in [5.74, 6) is -2.77. The summed E-state index contributed by atoms with van der Waals surface area (Å²) in [6.07, 6.45) is 2.96. The first-order chi connectivity index (χ1) is 29.6. The van der Waals surface area contributed by atoms with Crippen LogP contribution in [0.3, 0.4) is 0 Å². The fraction of sp³-hybridized carbons (Fsp3) is 0.340. The van der Waals surface area contributed by atoms with Crippen LogP contribution in [0.5, 0.6) is 0 Å². The van der Waals surface area contributed by atoms with Gasteiger partial charge in [0, 0.05) is 45.8 Å². The lowest BCUT2D eigenvalue weighted by molar-refractivity contribution is -0.135. The second kappa shape index (κ2) is 18.2. The van der Waals surface area contributed by atoms with Crippen molar-refractivity contribution in [1.82, 2.24) is 0 Å². The number of nitrogens with zero attached hydrogens (tertiary/aromatic N) is 2. The number of aliphatic hydroxyl groups is 1. The Hall–Kier alpha value is -4.08. The predicted molar refractivity (Wildman–Crippen MR) is 255 cm³/mol. The zero-order chi connectivity index (χ0) is 44.7. The van der Waals surface area contributed by atoms with Crippen molar-refractivity contribution in [3.63, 3.8) is 0 Å². The number of fused-ring (bicyclic) bond motifs is 4. The van der Waals surface area contributed by atoms with Gasteiger partial charge < -0.3 is 20.2 Å². The monoisotopic (exact) mass is 931 g/mol. The molecule has 12 heteroatoms. The Morgan fingerprint density at radius 1 is 0.677 bits per heavy atom. The number of benzene rings is 5. The van der Waals surface area contributed by atoms with Crippen molar-refractivity contribution in [2.75, 3.05) is 28.2 Å². The molecule has 2 N–H and O–H groups in total. The van der Waals surface area contributed by atoms with E-state index in [2.05, 4.69) is 19.2 Å². The highest BCUT2D eigenvalue weighted by molar-refractivity contribution is 6.63. The summed E-state index contributed by atoms with van der Waals surface area (Å²) in [4.78, 5) is 52.4. The van der Waals surface area contributed by atoms with E-state index in [9.17, 15) is 5.11 Å². The molecule has 5 aromatic carbocycles. The highest BCUT2D eigenvalue weighted by atomic mass is 35.6. The van der Waals surface area contributed by atoms with Gasteiger partial charge in [0.1, 0.15) is 16.4 Å². The lowest BCUT2D eigenvalue weighted by Crippen LogP contribution is -2.60. The van der Waals surface area contributed by atoms with E-state index in [1.54, 1.807) is 46.2 Å². The topological polar surface area (TPSA) is 90.0 Å². The average Bonchev–Trinajstić information content (AvgIpc) is 3.71. The van der Waals surface area contributed by atoms with Crippen LogP contribution in [0, 0.1) is 26.7 Å². The van der Waals surface area contributed by atoms with E-state index in [1.807, 2.05) is 93.6 Å². The van der Waals surface area contributed by atoms with Gasteiger partial charge in [-0.1, -0.05) is 162 Å². The molecule has 2 amide bonds. The lowest BCUT2D eigenvalue weighted by atomic mass is 9.58. The Morgan fingerprint density at radius 3 is 1.65 bits per heavy atom. The first kappa shape index (κ1) is 45.9. The summed E-state index contributed by atoms with van der Waals surface area (Å²) in [7, 11) is 0. The number of hydrogen-bond donors (Lipinski definition) is 2. The van der Waals surface area contributed by atoms with Gasteiger partial charge in [-0.15, -0.1) is 0 Å². The van der Waals surface area contributed by atoms with Gasteiger partial charge in [-0.25, -0.2) is 0 Å². The number of alkyl halides is 3. The number of amides is 2. The van der Waals surface area contributed by atoms with Crippen LogP contribution in [0.4, 0.5) is 17.1 Å². The SMILES string of the molecule is CCCCN1C(=O)[C@]2(c3cc(Cl)ccc31)[C@H](Nc1ccc(C)cc1)[C@@](O)(c1ccc(C)cc1)[C@@]1(C(=O)N(CCCC)c3ccc(Cl)cc31)[C@H]2C(=O)c1ccc(C)cc1.ClC(Cl)Cl. The van der Waals surface area contributed by atoms with E-state index in [0.29, 0.717) is 75.3 Å². The molecule has 5 atom stereocenters. The summed E-state index contributed by atoms with van der Waals surface area (Å²) in [5.41, 5.74) is 0.0442. The molecule has 8 rings (SSSR count). The highest BCUT2D eigenvalue weighted by Gasteiger charge is 2.86. The molecule has 0 unspecified atom stereocenters. The van der Waals surface area contributed by atoms with Crippen LogP contribution >= 0.6 is 58.0 Å². The van der Waals surface area contributed by atoms with Crippen molar-refractivity contribution in [3.05, 3.63) is 158 Å². The summed E-state index contributed by atoms with van der Waals surface area (Å²) in [6.45, 7) is 10.7. The number of Topliss-reactive ketones (excluding diaryl/α,β-unsaturated/α-hetero) is 1. The summed E-state index contributed by atoms with van der Waals surface area (Å²) in [6, 6.07) is 31.7. The molecule has 0 saturated heterocycles. The molecule has 2 aliphatic heterocycles. The van der Waals surface area contributed by atoms with E-state index < -0.39 is 44.4 Å². The molecule has 7 nitrogen and oxygen atoms in total. The minimum atomic E-state index is -2.26. The number of hydrogen-bond acceptors (Lipinski definition) is 5. The molecule has 1 fully saturated rings. The maximum atomic E-state index is 16.4. The number of halogens is 5. The van der Waals surface area contributed by atoms with Gasteiger partial charge in [0.15, 0.2) is 10.1 Å². The number of anilines is 3. The van der Waals surface area contributed by atoms with Gasteiger partial charge in [-0.05, 0) is 98.8 Å². The number of rotatable bonds is 11. The number of carbonyl (C=O) groups is 3. The number of unbranched alkanes of at least 4 members (excludes halogenated alkanes) is 2. The van der Waals surface area contributed by atoms with E-state index in [1.165, 1.54) is 0 Å². The molecule has 2 heterocycles. The minimum absolute atomic E-state index is 0.323. The highest BCUT2D eigenvalue weighted by Crippen LogP contribution is 2.72. The normalized spacial score (nSPS) is 23.5. The summed E-state index contributed by atoms with van der Waals surface area (Å²) < 4.78 is -0.750. The van der Waals surface area contributed by atoms with Gasteiger partial charge in [0.2, 0.25) is 11.8 Å². The third-order valence-electron chi connectivity index (χ3n) is 12.8. The second-order valence-corrected chi connectivity index (χ2v) is 19.5. The molecular weight excluding hydrogens is 884 g/mol. The number of ketones is 1. The number of nitrogens with one attached hydrogen (secondary N) is 1. The Bertz CT molecular complexity index is 2480. The van der Waals surface area contributed by atoms with Crippen molar-refractivity contribution in [2.45, 2.75) is 87.1 Å². The standard InChI is InChI=1S/C49H49Cl2N3O4.CHCl3/c1-6-8-26-53-40-24-20-35(50)28-38(40)47(45(53)56)43(42(55)33-16-10-30(3)11-17-33)48(39-29-36(51)21-25-41(39)54(46(48)57)27-9-7-2)49(58,34-18-12-31(4)13-19-34)44(47)52-37-22-14-32(5)15-23-37;2-1(3)4/h10-25,28-29,43-44,52,58H,6-9,26-27H2,1-5H3;1H/t43-,44-,47-,48+,49-;/m0./s1. The van der Waals surface area contributed by atoms with Gasteiger partial charge in [0.05, 0.1) is 12.0 Å². The van der Waals surface area contributed by atoms with Crippen molar-refractivity contribution in [2.24, 2.45) is 5.92 Å². The maximum Gasteiger partial charge on any atom is 0.241 e. The van der Waals surface area contributed by atoms with Gasteiger partial charge in [-0.3, -0.25) is 14.4 Å². The largest absolute Gasteiger partial charge is 0.381 e. The molecule has 0 bridgehead atoms. The molecule has 0 radical (unpaired) electrons. The van der Waals surface area contributed by atoms with E-state index >= 15 is 14.4 Å². The molecule has 3 aliphatic rings. The summed E-state index contributed by atoms with van der Waals surface area (Å²) in [5, 5.41) is 19.1. The molecule has 2 spiro atoms. The van der Waals surface area contributed by atoms with Crippen molar-refractivity contribution in [3.8, 4) is 0 Å². The minimum Gasteiger partial charge on any atom is -0.381 e. The first-order valence-electron chi connectivity index (χ1n) is 21.0. The lowest BCUT2D eigenvalue weighted by Gasteiger charge is -2.44. The smallest absolute Gasteiger partial charge is 0.241 e. The number of aryl methyl sites for hydroxylation is 3. The fourth-order valence-electron chi connectivity index (χ4n) is 10.1. The quantitative estimate of drug-likeness (QED) is 0.102. The van der Waals surface area contributed by atoms with Crippen molar-refractivity contribution in [1.29, 1.82) is 0 Å². The maximum absolute atomic E-state index is 16.4. The zero-order valence-corrected chi connectivity index (χ0v) is 39.1. The van der Waals surface area contributed by atoms with Crippen LogP contribution in [-0.2, 0) is 26.0 Å². The van der Waals surface area contributed by atoms with Crippen molar-refractivity contribution >= 4 is 92.7 Å². The molecule has 1 aliphatic carbocycles. The third kappa shape index (κ3) is 7.41. The van der Waals surface area contributed by atoms with Crippen LogP contribution in [-0.4, -0.2) is 46.1 Å². The Balaban J connectivity index is 0.00000139. The Labute approximate surface area is 389 Å². The summed E-state index contributed by atoms with van der Waals surface area (Å²) >= 11 is 28.3. The van der Waals surface area contributed by atoms with Crippen LogP contribution < -0.4 is 15.1 Å². The third-order valence-corrected chi connectivity index (χ3v) is 13.3. The molecule has 5 aromatic rings. The van der Waals surface area contributed by atoms with E-state index in [0.717, 1.165) is 29.5 Å². The van der Waals surface area contributed by atoms with Crippen LogP contribution in [0.1, 0.15) is 83.3 Å². The predicted octanol–water partition coefficient (Wildman–Crippen LogP) is 12.3. The molecule has 324 valence electrons. The number of carbonyl (C=O) groups excluding carboxylic acids is 3. The molecular formula is C50H50Cl5N3O4. The van der Waals surface area contributed by atoms with Gasteiger partial charge >= 0.3 is 0 Å². The molecule has 0 aromatic heterocycles.